The van der Waals surface area contributed by atoms with Crippen molar-refractivity contribution in [3.8, 4) is 0 Å². The van der Waals surface area contributed by atoms with Gasteiger partial charge >= 0.3 is 6.18 Å². The smallest absolute Gasteiger partial charge is 0.396 e. The number of aliphatic hydroxyl groups is 1. The molecule has 1 unspecified atom stereocenters. The van der Waals surface area contributed by atoms with Gasteiger partial charge in [-0.05, 0) is 24.1 Å². The third kappa shape index (κ3) is 5.97. The van der Waals surface area contributed by atoms with Crippen molar-refractivity contribution in [2.45, 2.75) is 12.6 Å². The summed E-state index contributed by atoms with van der Waals surface area (Å²) in [6.07, 6.45) is -4.02. The van der Waals surface area contributed by atoms with Crippen LogP contribution in [0, 0.1) is 11.7 Å². The first kappa shape index (κ1) is 14.9. The highest BCUT2D eigenvalue weighted by molar-refractivity contribution is 5.16. The Kier molecular flexibility index (Phi) is 5.55. The lowest BCUT2D eigenvalue weighted by Crippen LogP contribution is -2.23. The van der Waals surface area contributed by atoms with Crippen LogP contribution >= 0.6 is 0 Å². The van der Waals surface area contributed by atoms with Crippen LogP contribution < -0.4 is 0 Å². The quantitative estimate of drug-likeness (QED) is 0.802. The molecule has 102 valence electrons. The Morgan fingerprint density at radius 2 is 1.78 bits per heavy atom. The van der Waals surface area contributed by atoms with Crippen LogP contribution in [0.3, 0.4) is 0 Å². The minimum Gasteiger partial charge on any atom is -0.396 e. The Morgan fingerprint density at radius 3 is 2.28 bits per heavy atom. The second-order valence-electron chi connectivity index (χ2n) is 4.01. The highest BCUT2D eigenvalue weighted by Gasteiger charge is 2.27. The van der Waals surface area contributed by atoms with E-state index in [1.165, 1.54) is 24.3 Å². The molecule has 0 spiro atoms. The Balaban J connectivity index is 2.40. The van der Waals surface area contributed by atoms with Gasteiger partial charge in [-0.3, -0.25) is 0 Å². The summed E-state index contributed by atoms with van der Waals surface area (Å²) in [6, 6.07) is 5.59. The maximum Gasteiger partial charge on any atom is 0.411 e. The van der Waals surface area contributed by atoms with E-state index in [1.54, 1.807) is 0 Å². The number of rotatable bonds is 6. The Bertz CT molecular complexity index is 348. The fraction of sp³-hybridized carbons (Fsp3) is 0.500. The SMILES string of the molecule is OCC(COCC(F)(F)F)Cc1ccc(F)cc1. The number of halogens is 4. The van der Waals surface area contributed by atoms with Crippen LogP contribution in [0.1, 0.15) is 5.56 Å². The van der Waals surface area contributed by atoms with Crippen LogP contribution in [0.4, 0.5) is 17.6 Å². The number of hydrogen-bond donors (Lipinski definition) is 1. The summed E-state index contributed by atoms with van der Waals surface area (Å²) in [6.45, 7) is -1.80. The van der Waals surface area contributed by atoms with Crippen molar-refractivity contribution in [3.05, 3.63) is 35.6 Å². The molecule has 2 nitrogen and oxygen atoms in total. The minimum absolute atomic E-state index is 0.187. The van der Waals surface area contributed by atoms with Crippen molar-refractivity contribution >= 4 is 0 Å². The zero-order valence-electron chi connectivity index (χ0n) is 9.58. The van der Waals surface area contributed by atoms with Gasteiger partial charge in [0.1, 0.15) is 12.4 Å². The van der Waals surface area contributed by atoms with Gasteiger partial charge in [-0.25, -0.2) is 4.39 Å². The summed E-state index contributed by atoms with van der Waals surface area (Å²) in [7, 11) is 0. The van der Waals surface area contributed by atoms with E-state index in [9.17, 15) is 17.6 Å². The predicted molar refractivity (Wildman–Crippen MR) is 57.6 cm³/mol. The molecule has 18 heavy (non-hydrogen) atoms. The van der Waals surface area contributed by atoms with E-state index in [-0.39, 0.29) is 19.0 Å². The molecule has 0 aromatic heterocycles. The van der Waals surface area contributed by atoms with Gasteiger partial charge in [-0.1, -0.05) is 12.1 Å². The van der Waals surface area contributed by atoms with Crippen molar-refractivity contribution in [1.82, 2.24) is 0 Å². The molecule has 1 aromatic carbocycles. The van der Waals surface area contributed by atoms with Crippen LogP contribution in [0.2, 0.25) is 0 Å². The molecule has 0 aliphatic heterocycles. The third-order valence-electron chi connectivity index (χ3n) is 2.32. The van der Waals surface area contributed by atoms with Crippen molar-refractivity contribution in [1.29, 1.82) is 0 Å². The third-order valence-corrected chi connectivity index (χ3v) is 2.32. The Morgan fingerprint density at radius 1 is 1.17 bits per heavy atom. The average molecular weight is 266 g/mol. The highest BCUT2D eigenvalue weighted by Crippen LogP contribution is 2.16. The molecule has 0 amide bonds. The van der Waals surface area contributed by atoms with Gasteiger partial charge in [0.05, 0.1) is 6.61 Å². The fourth-order valence-electron chi connectivity index (χ4n) is 1.47. The summed E-state index contributed by atoms with van der Waals surface area (Å²) in [4.78, 5) is 0. The molecule has 0 bridgehead atoms. The zero-order chi connectivity index (χ0) is 13.6. The number of aliphatic hydroxyl groups excluding tert-OH is 1. The molecule has 6 heteroatoms. The number of ether oxygens (including phenoxy) is 1. The van der Waals surface area contributed by atoms with E-state index < -0.39 is 18.7 Å². The summed E-state index contributed by atoms with van der Waals surface area (Å²) < 4.78 is 52.7. The number of benzene rings is 1. The van der Waals surface area contributed by atoms with Crippen molar-refractivity contribution < 1.29 is 27.4 Å². The van der Waals surface area contributed by atoms with Crippen molar-refractivity contribution in [2.75, 3.05) is 19.8 Å². The van der Waals surface area contributed by atoms with E-state index >= 15 is 0 Å². The van der Waals surface area contributed by atoms with E-state index in [2.05, 4.69) is 4.74 Å². The monoisotopic (exact) mass is 266 g/mol. The van der Waals surface area contributed by atoms with Gasteiger partial charge in [-0.2, -0.15) is 13.2 Å². The largest absolute Gasteiger partial charge is 0.411 e. The number of alkyl halides is 3. The molecule has 1 atom stereocenters. The summed E-state index contributed by atoms with van der Waals surface area (Å²) in [5, 5.41) is 9.04. The number of hydrogen-bond acceptors (Lipinski definition) is 2. The molecule has 0 aliphatic rings. The van der Waals surface area contributed by atoms with Gasteiger partial charge in [0.25, 0.3) is 0 Å². The highest BCUT2D eigenvalue weighted by atomic mass is 19.4. The Labute approximate surface area is 102 Å². The van der Waals surface area contributed by atoms with E-state index in [0.29, 0.717) is 6.42 Å². The molecule has 0 saturated carbocycles. The maximum absolute atomic E-state index is 12.6. The van der Waals surface area contributed by atoms with Crippen LogP contribution in [-0.4, -0.2) is 31.1 Å². The molecular weight excluding hydrogens is 252 g/mol. The average Bonchev–Trinajstić information content (AvgIpc) is 2.29. The van der Waals surface area contributed by atoms with Gasteiger partial charge < -0.3 is 9.84 Å². The normalized spacial score (nSPS) is 13.6. The molecule has 0 aliphatic carbocycles. The van der Waals surface area contributed by atoms with E-state index in [0.717, 1.165) is 5.56 Å². The molecule has 1 N–H and O–H groups in total. The molecule has 0 radical (unpaired) electrons. The van der Waals surface area contributed by atoms with Crippen molar-refractivity contribution in [2.24, 2.45) is 5.92 Å². The molecule has 0 heterocycles. The molecule has 1 rings (SSSR count). The zero-order valence-corrected chi connectivity index (χ0v) is 9.58. The van der Waals surface area contributed by atoms with Crippen molar-refractivity contribution in [3.63, 3.8) is 0 Å². The lowest BCUT2D eigenvalue weighted by molar-refractivity contribution is -0.177. The molecular formula is C12H14F4O2. The van der Waals surface area contributed by atoms with Gasteiger partial charge in [0.15, 0.2) is 0 Å². The topological polar surface area (TPSA) is 29.5 Å². The van der Waals surface area contributed by atoms with Crippen LogP contribution in [0.25, 0.3) is 0 Å². The summed E-state index contributed by atoms with van der Waals surface area (Å²) in [5.41, 5.74) is 0.742. The molecule has 1 aromatic rings. The first-order valence-electron chi connectivity index (χ1n) is 5.40. The van der Waals surface area contributed by atoms with Gasteiger partial charge in [0, 0.05) is 12.5 Å². The molecule has 0 fully saturated rings. The van der Waals surface area contributed by atoms with Crippen LogP contribution in [0.15, 0.2) is 24.3 Å². The van der Waals surface area contributed by atoms with E-state index in [4.69, 9.17) is 5.11 Å². The van der Waals surface area contributed by atoms with Crippen LogP contribution in [-0.2, 0) is 11.2 Å². The summed E-state index contributed by atoms with van der Waals surface area (Å²) in [5.74, 6) is -0.814. The van der Waals surface area contributed by atoms with Gasteiger partial charge in [-0.15, -0.1) is 0 Å². The minimum atomic E-state index is -4.37. The lowest BCUT2D eigenvalue weighted by Gasteiger charge is -2.15. The van der Waals surface area contributed by atoms with E-state index in [1.807, 2.05) is 0 Å². The second-order valence-corrected chi connectivity index (χ2v) is 4.01. The Hall–Kier alpha value is -1.14. The van der Waals surface area contributed by atoms with Crippen LogP contribution in [0.5, 0.6) is 0 Å². The first-order chi connectivity index (χ1) is 8.40. The fourth-order valence-corrected chi connectivity index (χ4v) is 1.47. The maximum atomic E-state index is 12.6. The lowest BCUT2D eigenvalue weighted by atomic mass is 10.0. The standard InChI is InChI=1S/C12H14F4O2/c13-11-3-1-9(2-4-11)5-10(6-17)7-18-8-12(14,15)16/h1-4,10,17H,5-8H2. The predicted octanol–water partition coefficient (Wildman–Crippen LogP) is 2.56. The summed E-state index contributed by atoms with van der Waals surface area (Å²) >= 11 is 0. The second kappa shape index (κ2) is 6.70. The van der Waals surface area contributed by atoms with Gasteiger partial charge in [0.2, 0.25) is 0 Å². The first-order valence-corrected chi connectivity index (χ1v) is 5.40. The molecule has 0 saturated heterocycles.